The predicted octanol–water partition coefficient (Wildman–Crippen LogP) is 16.5. The number of carbonyl (C=O) groups is 2. The first-order valence-electron chi connectivity index (χ1n) is 33.4. The highest BCUT2D eigenvalue weighted by Gasteiger charge is 2.47. The Balaban J connectivity index is 2.54. The summed E-state index contributed by atoms with van der Waals surface area (Å²) in [5.74, 6) is -1.22. The normalized spacial score (nSPS) is 19.2. The second-order valence-electron chi connectivity index (χ2n) is 22.9. The van der Waals surface area contributed by atoms with Crippen LogP contribution in [0.1, 0.15) is 284 Å². The number of unbranched alkanes of at least 4 members (excludes halogenated alkanes) is 33. The van der Waals surface area contributed by atoms with Crippen molar-refractivity contribution in [2.75, 3.05) is 13.2 Å². The summed E-state index contributed by atoms with van der Waals surface area (Å²) in [6, 6.07) is -1.04. The van der Waals surface area contributed by atoms with Crippen molar-refractivity contribution in [3.05, 3.63) is 85.1 Å². The van der Waals surface area contributed by atoms with Crippen molar-refractivity contribution in [1.82, 2.24) is 5.32 Å². The lowest BCUT2D eigenvalue weighted by Gasteiger charge is -2.41. The van der Waals surface area contributed by atoms with Crippen LogP contribution in [0.4, 0.5) is 0 Å². The molecule has 8 atom stereocenters. The second kappa shape index (κ2) is 57.3. The number of allylic oxidation sites excluding steroid dienone is 13. The van der Waals surface area contributed by atoms with Crippen LogP contribution in [0.15, 0.2) is 85.1 Å². The van der Waals surface area contributed by atoms with Crippen molar-refractivity contribution in [2.45, 2.75) is 333 Å². The Kier molecular flexibility index (Phi) is 53.6. The lowest BCUT2D eigenvalue weighted by Crippen LogP contribution is -2.61. The van der Waals surface area contributed by atoms with E-state index in [0.29, 0.717) is 12.8 Å². The first kappa shape index (κ1) is 75.9. The lowest BCUT2D eigenvalue weighted by atomic mass is 9.99. The van der Waals surface area contributed by atoms with Crippen LogP contribution in [0.3, 0.4) is 0 Å². The van der Waals surface area contributed by atoms with Crippen molar-refractivity contribution in [3.8, 4) is 0 Å². The third-order valence-electron chi connectivity index (χ3n) is 15.4. The zero-order valence-electron chi connectivity index (χ0n) is 51.9. The van der Waals surface area contributed by atoms with Crippen LogP contribution in [0.5, 0.6) is 0 Å². The number of ether oxygens (including phenoxy) is 3. The molecule has 1 saturated heterocycles. The Morgan fingerprint density at radius 2 is 0.938 bits per heavy atom. The van der Waals surface area contributed by atoms with E-state index in [2.05, 4.69) is 62.5 Å². The van der Waals surface area contributed by atoms with Crippen LogP contribution in [0, 0.1) is 0 Å². The van der Waals surface area contributed by atoms with E-state index in [-0.39, 0.29) is 19.4 Å². The van der Waals surface area contributed by atoms with Gasteiger partial charge in [0.05, 0.1) is 25.4 Å². The molecular weight excluding hydrogens is 1010 g/mol. The standard InChI is InChI=1S/C70H123NO10/c1-4-7-10-13-16-19-22-24-26-27-28-29-30-31-32-33-34-35-36-37-38-40-43-46-49-52-55-58-65(75)81-68-67(77)66(76)64(59-72)80-70(68)79-60-61(62(73)56-53-50-47-44-41-21-18-15-12-9-6-3)71-69(78)63(74)57-54-51-48-45-42-39-25-23-20-17-14-11-8-5-2/h8,11,14,16-17,19-20,23-26,39,53,56,61-64,66-68,70,72-74,76-77H,4-7,9-10,12-13,15,18,21-22,27-38,40-52,54-55,57-60H2,1-3H3,(H,71,78)/b11-8+,17-14+,19-16-,23-20+,26-24-,39-25-,56-53+. The van der Waals surface area contributed by atoms with E-state index < -0.39 is 67.4 Å². The van der Waals surface area contributed by atoms with Gasteiger partial charge in [0, 0.05) is 6.42 Å². The van der Waals surface area contributed by atoms with Crippen LogP contribution in [0.25, 0.3) is 0 Å². The van der Waals surface area contributed by atoms with Gasteiger partial charge < -0.3 is 45.1 Å². The van der Waals surface area contributed by atoms with Gasteiger partial charge in [-0.3, -0.25) is 9.59 Å². The average Bonchev–Trinajstić information content (AvgIpc) is 3.50. The maximum absolute atomic E-state index is 13.4. The molecule has 1 fully saturated rings. The van der Waals surface area contributed by atoms with Crippen LogP contribution in [-0.4, -0.2) is 99.6 Å². The number of aliphatic hydroxyl groups excluding tert-OH is 5. The molecule has 0 radical (unpaired) electrons. The molecule has 0 aliphatic carbocycles. The molecule has 1 aliphatic rings. The van der Waals surface area contributed by atoms with Gasteiger partial charge in [0.25, 0.3) is 0 Å². The maximum atomic E-state index is 13.4. The third-order valence-corrected chi connectivity index (χ3v) is 15.4. The molecule has 1 heterocycles. The number of carbonyl (C=O) groups excluding carboxylic acids is 2. The number of rotatable bonds is 56. The van der Waals surface area contributed by atoms with Crippen LogP contribution in [-0.2, 0) is 23.8 Å². The lowest BCUT2D eigenvalue weighted by molar-refractivity contribution is -0.305. The van der Waals surface area contributed by atoms with Crippen LogP contribution in [0.2, 0.25) is 0 Å². The molecule has 8 unspecified atom stereocenters. The fourth-order valence-corrected chi connectivity index (χ4v) is 10.1. The Morgan fingerprint density at radius 3 is 1.46 bits per heavy atom. The van der Waals surface area contributed by atoms with Gasteiger partial charge in [-0.15, -0.1) is 0 Å². The number of hydrogen-bond acceptors (Lipinski definition) is 10. The molecule has 0 bridgehead atoms. The topological polar surface area (TPSA) is 175 Å². The first-order valence-corrected chi connectivity index (χ1v) is 33.4. The average molecular weight is 1140 g/mol. The summed E-state index contributed by atoms with van der Waals surface area (Å²) in [6.07, 6.45) is 65.0. The Bertz CT molecular complexity index is 1640. The molecule has 11 heteroatoms. The van der Waals surface area contributed by atoms with Crippen molar-refractivity contribution >= 4 is 11.9 Å². The van der Waals surface area contributed by atoms with Crippen molar-refractivity contribution in [2.24, 2.45) is 0 Å². The van der Waals surface area contributed by atoms with E-state index in [1.807, 2.05) is 42.5 Å². The van der Waals surface area contributed by atoms with Gasteiger partial charge in [0.15, 0.2) is 12.4 Å². The minimum atomic E-state index is -1.62. The summed E-state index contributed by atoms with van der Waals surface area (Å²) < 4.78 is 17.6. The molecule has 0 aromatic heterocycles. The molecule has 6 N–H and O–H groups in total. The molecule has 0 saturated carbocycles. The van der Waals surface area contributed by atoms with E-state index in [9.17, 15) is 35.1 Å². The smallest absolute Gasteiger partial charge is 0.306 e. The van der Waals surface area contributed by atoms with E-state index >= 15 is 0 Å². The zero-order chi connectivity index (χ0) is 58.9. The van der Waals surface area contributed by atoms with Crippen molar-refractivity contribution in [3.63, 3.8) is 0 Å². The highest BCUT2D eigenvalue weighted by atomic mass is 16.7. The fraction of sp³-hybridized carbons (Fsp3) is 0.771. The number of esters is 1. The van der Waals surface area contributed by atoms with Gasteiger partial charge in [0.2, 0.25) is 5.91 Å². The fourth-order valence-electron chi connectivity index (χ4n) is 10.1. The molecule has 0 spiro atoms. The number of amides is 1. The molecule has 1 rings (SSSR count). The Morgan fingerprint density at radius 1 is 0.506 bits per heavy atom. The largest absolute Gasteiger partial charge is 0.454 e. The Labute approximate surface area is 495 Å². The van der Waals surface area contributed by atoms with Crippen molar-refractivity contribution in [1.29, 1.82) is 0 Å². The van der Waals surface area contributed by atoms with Gasteiger partial charge >= 0.3 is 5.97 Å². The number of hydrogen-bond donors (Lipinski definition) is 6. The first-order chi connectivity index (χ1) is 39.7. The molecule has 0 aromatic rings. The maximum Gasteiger partial charge on any atom is 0.306 e. The summed E-state index contributed by atoms with van der Waals surface area (Å²) in [7, 11) is 0. The molecule has 468 valence electrons. The summed E-state index contributed by atoms with van der Waals surface area (Å²) in [6.45, 7) is 5.61. The minimum absolute atomic E-state index is 0.119. The van der Waals surface area contributed by atoms with Gasteiger partial charge in [0.1, 0.15) is 24.4 Å². The van der Waals surface area contributed by atoms with Gasteiger partial charge in [-0.25, -0.2) is 0 Å². The van der Waals surface area contributed by atoms with Crippen molar-refractivity contribution < 1.29 is 49.3 Å². The monoisotopic (exact) mass is 1140 g/mol. The SMILES string of the molecule is CC/C=C/C=C/C=C/C=C\CCCCCCC(O)C(=O)NC(COC1OC(CO)C(O)C(O)C1OC(=O)CCCCCCCCCCCCCCCCCCC/C=C\C/C=C\CCCCC)C(O)/C=C/CCCCCCCCCCC. The summed E-state index contributed by atoms with van der Waals surface area (Å²) in [5, 5.41) is 57.0. The molecule has 0 aromatic carbocycles. The van der Waals surface area contributed by atoms with Gasteiger partial charge in [-0.1, -0.05) is 286 Å². The minimum Gasteiger partial charge on any atom is -0.454 e. The highest BCUT2D eigenvalue weighted by molar-refractivity contribution is 5.80. The number of aliphatic hydroxyl groups is 5. The second-order valence-corrected chi connectivity index (χ2v) is 22.9. The highest BCUT2D eigenvalue weighted by Crippen LogP contribution is 2.26. The molecular formula is C70H123NO10. The van der Waals surface area contributed by atoms with E-state index in [1.165, 1.54) is 154 Å². The molecule has 11 nitrogen and oxygen atoms in total. The third kappa shape index (κ3) is 45.0. The summed E-state index contributed by atoms with van der Waals surface area (Å²) >= 11 is 0. The molecule has 81 heavy (non-hydrogen) atoms. The van der Waals surface area contributed by atoms with Gasteiger partial charge in [-0.2, -0.15) is 0 Å². The predicted molar refractivity (Wildman–Crippen MR) is 338 cm³/mol. The zero-order valence-corrected chi connectivity index (χ0v) is 51.9. The molecule has 1 amide bonds. The molecule has 1 aliphatic heterocycles. The Hall–Kier alpha value is -3.16. The quantitative estimate of drug-likeness (QED) is 0.0149. The van der Waals surface area contributed by atoms with E-state index in [4.69, 9.17) is 14.2 Å². The van der Waals surface area contributed by atoms with Gasteiger partial charge in [-0.05, 0) is 77.0 Å². The van der Waals surface area contributed by atoms with Crippen LogP contribution < -0.4 is 5.32 Å². The van der Waals surface area contributed by atoms with Crippen LogP contribution >= 0.6 is 0 Å². The number of nitrogens with one attached hydrogen (secondary N) is 1. The summed E-state index contributed by atoms with van der Waals surface area (Å²) in [5.41, 5.74) is 0. The summed E-state index contributed by atoms with van der Waals surface area (Å²) in [4.78, 5) is 26.6. The van der Waals surface area contributed by atoms with E-state index in [0.717, 1.165) is 83.5 Å². The van der Waals surface area contributed by atoms with E-state index in [1.54, 1.807) is 6.08 Å².